The smallest absolute Gasteiger partial charge is 0.321 e. The predicted octanol–water partition coefficient (Wildman–Crippen LogP) is 3.20. The van der Waals surface area contributed by atoms with E-state index < -0.39 is 10.0 Å². The molecule has 0 aliphatic carbocycles. The van der Waals surface area contributed by atoms with Crippen LogP contribution in [0.1, 0.15) is 39.0 Å². The van der Waals surface area contributed by atoms with Crippen molar-refractivity contribution >= 4 is 27.4 Å². The van der Waals surface area contributed by atoms with Gasteiger partial charge in [0.15, 0.2) is 5.82 Å². The van der Waals surface area contributed by atoms with E-state index in [-0.39, 0.29) is 28.5 Å². The summed E-state index contributed by atoms with van der Waals surface area (Å²) < 4.78 is 37.5. The minimum atomic E-state index is -3.89. The summed E-state index contributed by atoms with van der Waals surface area (Å²) in [4.78, 5) is 19.8. The zero-order valence-electron chi connectivity index (χ0n) is 16.8. The van der Waals surface area contributed by atoms with E-state index in [9.17, 15) is 13.2 Å². The van der Waals surface area contributed by atoms with Gasteiger partial charge in [-0.25, -0.2) is 8.42 Å². The van der Waals surface area contributed by atoms with Crippen LogP contribution in [0.3, 0.4) is 0 Å². The van der Waals surface area contributed by atoms with Crippen LogP contribution in [0.4, 0.5) is 11.5 Å². The molecule has 0 fully saturated rings. The lowest BCUT2D eigenvalue weighted by molar-refractivity contribution is -0.116. The van der Waals surface area contributed by atoms with E-state index in [1.807, 2.05) is 0 Å². The first kappa shape index (κ1) is 22.4. The average Bonchev–Trinajstić information content (AvgIpc) is 2.71. The molecule has 0 saturated heterocycles. The molecular weight excluding hydrogens is 396 g/mol. The molecule has 0 spiro atoms. The Bertz CT molecular complexity index is 894. The highest BCUT2D eigenvalue weighted by Crippen LogP contribution is 2.21. The quantitative estimate of drug-likeness (QED) is 0.534. The topological polar surface area (TPSA) is 120 Å². The molecule has 0 saturated carbocycles. The molecule has 0 aliphatic rings. The van der Waals surface area contributed by atoms with Crippen molar-refractivity contribution in [3.05, 3.63) is 30.3 Å². The van der Waals surface area contributed by atoms with Crippen molar-refractivity contribution in [1.29, 1.82) is 0 Å². The molecule has 1 heterocycles. The van der Waals surface area contributed by atoms with Crippen LogP contribution in [0, 0.1) is 0 Å². The summed E-state index contributed by atoms with van der Waals surface area (Å²) in [5.74, 6) is 0.0831. The van der Waals surface area contributed by atoms with Gasteiger partial charge in [-0.3, -0.25) is 9.52 Å². The SMILES string of the molecule is CCCCCCC(=O)Nc1ccc(S(=O)(=O)Nc2cc(OC)nc(OC)n2)cc1. The summed E-state index contributed by atoms with van der Waals surface area (Å²) in [5, 5.41) is 2.77. The van der Waals surface area contributed by atoms with Gasteiger partial charge >= 0.3 is 6.01 Å². The van der Waals surface area contributed by atoms with Gasteiger partial charge in [0.25, 0.3) is 10.0 Å². The molecule has 0 radical (unpaired) electrons. The van der Waals surface area contributed by atoms with Crippen molar-refractivity contribution in [1.82, 2.24) is 9.97 Å². The highest BCUT2D eigenvalue weighted by Gasteiger charge is 2.17. The Kier molecular flexibility index (Phi) is 8.20. The van der Waals surface area contributed by atoms with Crippen molar-refractivity contribution in [2.24, 2.45) is 0 Å². The number of hydrogen-bond acceptors (Lipinski definition) is 7. The first-order chi connectivity index (χ1) is 13.9. The highest BCUT2D eigenvalue weighted by atomic mass is 32.2. The number of unbranched alkanes of at least 4 members (excludes halogenated alkanes) is 3. The fraction of sp³-hybridized carbons (Fsp3) is 0.421. The van der Waals surface area contributed by atoms with Crippen LogP contribution < -0.4 is 19.5 Å². The van der Waals surface area contributed by atoms with E-state index in [4.69, 9.17) is 9.47 Å². The predicted molar refractivity (Wildman–Crippen MR) is 110 cm³/mol. The number of carbonyl (C=O) groups excluding carboxylic acids is 1. The van der Waals surface area contributed by atoms with Crippen LogP contribution in [0.15, 0.2) is 35.2 Å². The van der Waals surface area contributed by atoms with Gasteiger partial charge < -0.3 is 14.8 Å². The van der Waals surface area contributed by atoms with Crippen LogP contribution in [-0.2, 0) is 14.8 Å². The summed E-state index contributed by atoms with van der Waals surface area (Å²) in [6, 6.07) is 7.21. The molecule has 0 bridgehead atoms. The first-order valence-electron chi connectivity index (χ1n) is 9.27. The number of amides is 1. The molecular formula is C19H26N4O5S. The number of nitrogens with one attached hydrogen (secondary N) is 2. The van der Waals surface area contributed by atoms with Gasteiger partial charge in [0.1, 0.15) is 0 Å². The monoisotopic (exact) mass is 422 g/mol. The van der Waals surface area contributed by atoms with Crippen molar-refractivity contribution in [3.8, 4) is 11.9 Å². The Morgan fingerprint density at radius 1 is 1.03 bits per heavy atom. The Hall–Kier alpha value is -2.88. The second-order valence-corrected chi connectivity index (χ2v) is 7.95. The number of benzene rings is 1. The van der Waals surface area contributed by atoms with Crippen molar-refractivity contribution in [2.45, 2.75) is 43.9 Å². The third kappa shape index (κ3) is 6.90. The van der Waals surface area contributed by atoms with Gasteiger partial charge in [0.05, 0.1) is 19.1 Å². The molecule has 2 N–H and O–H groups in total. The average molecular weight is 423 g/mol. The van der Waals surface area contributed by atoms with Gasteiger partial charge in [-0.2, -0.15) is 9.97 Å². The highest BCUT2D eigenvalue weighted by molar-refractivity contribution is 7.92. The largest absolute Gasteiger partial charge is 0.481 e. The van der Waals surface area contributed by atoms with Gasteiger partial charge in [-0.1, -0.05) is 26.2 Å². The molecule has 1 amide bonds. The van der Waals surface area contributed by atoms with Gasteiger partial charge in [0, 0.05) is 18.2 Å². The molecule has 0 atom stereocenters. The summed E-state index contributed by atoms with van der Waals surface area (Å²) in [6.45, 7) is 2.11. The number of methoxy groups -OCH3 is 2. The van der Waals surface area contributed by atoms with Gasteiger partial charge in [-0.05, 0) is 30.7 Å². The second kappa shape index (κ2) is 10.6. The molecule has 1 aromatic carbocycles. The Labute approximate surface area is 170 Å². The van der Waals surface area contributed by atoms with E-state index in [2.05, 4.69) is 26.9 Å². The molecule has 29 heavy (non-hydrogen) atoms. The molecule has 2 rings (SSSR count). The number of carbonyl (C=O) groups is 1. The number of nitrogens with zero attached hydrogens (tertiary/aromatic N) is 2. The molecule has 9 nitrogen and oxygen atoms in total. The summed E-state index contributed by atoms with van der Waals surface area (Å²) in [7, 11) is -1.13. The van der Waals surface area contributed by atoms with Gasteiger partial charge in [0.2, 0.25) is 11.8 Å². The lowest BCUT2D eigenvalue weighted by Crippen LogP contribution is -2.15. The van der Waals surface area contributed by atoms with Crippen LogP contribution >= 0.6 is 0 Å². The fourth-order valence-corrected chi connectivity index (χ4v) is 3.49. The Morgan fingerprint density at radius 2 is 1.76 bits per heavy atom. The molecule has 0 unspecified atom stereocenters. The Morgan fingerprint density at radius 3 is 2.38 bits per heavy atom. The number of rotatable bonds is 11. The maximum absolute atomic E-state index is 12.6. The van der Waals surface area contributed by atoms with Crippen LogP contribution in [-0.4, -0.2) is 38.5 Å². The number of anilines is 2. The number of ether oxygens (including phenoxy) is 2. The normalized spacial score (nSPS) is 11.0. The van der Waals surface area contributed by atoms with Crippen molar-refractivity contribution in [2.75, 3.05) is 24.3 Å². The number of hydrogen-bond donors (Lipinski definition) is 2. The number of sulfonamides is 1. The van der Waals surface area contributed by atoms with E-state index in [0.717, 1.165) is 25.7 Å². The third-order valence-corrected chi connectivity index (χ3v) is 5.39. The Balaban J connectivity index is 2.03. The maximum atomic E-state index is 12.6. The zero-order valence-corrected chi connectivity index (χ0v) is 17.6. The van der Waals surface area contributed by atoms with Crippen LogP contribution in [0.25, 0.3) is 0 Å². The van der Waals surface area contributed by atoms with Crippen LogP contribution in [0.5, 0.6) is 11.9 Å². The maximum Gasteiger partial charge on any atom is 0.321 e. The van der Waals surface area contributed by atoms with E-state index >= 15 is 0 Å². The lowest BCUT2D eigenvalue weighted by atomic mass is 10.1. The van der Waals surface area contributed by atoms with E-state index in [0.29, 0.717) is 12.1 Å². The van der Waals surface area contributed by atoms with E-state index in [1.165, 1.54) is 32.4 Å². The third-order valence-electron chi connectivity index (χ3n) is 4.02. The molecule has 0 aliphatic heterocycles. The first-order valence-corrected chi connectivity index (χ1v) is 10.8. The van der Waals surface area contributed by atoms with Crippen molar-refractivity contribution < 1.29 is 22.7 Å². The lowest BCUT2D eigenvalue weighted by Gasteiger charge is -2.10. The minimum Gasteiger partial charge on any atom is -0.481 e. The molecule has 2 aromatic rings. The standard InChI is InChI=1S/C19H26N4O5S/c1-4-5-6-7-8-17(24)20-14-9-11-15(12-10-14)29(25,26)23-16-13-18(27-2)22-19(21-16)28-3/h9-13H,4-8H2,1-3H3,(H,20,24)(H,21,22,23). The zero-order chi connectivity index (χ0) is 21.3. The minimum absolute atomic E-state index is 0.0122. The second-order valence-electron chi connectivity index (χ2n) is 6.27. The van der Waals surface area contributed by atoms with Crippen LogP contribution in [0.2, 0.25) is 0 Å². The van der Waals surface area contributed by atoms with E-state index in [1.54, 1.807) is 12.1 Å². The molecule has 1 aromatic heterocycles. The van der Waals surface area contributed by atoms with Gasteiger partial charge in [-0.15, -0.1) is 0 Å². The molecule has 158 valence electrons. The summed E-state index contributed by atoms with van der Waals surface area (Å²) in [5.41, 5.74) is 0.537. The number of aromatic nitrogens is 2. The van der Waals surface area contributed by atoms with Crippen molar-refractivity contribution in [3.63, 3.8) is 0 Å². The summed E-state index contributed by atoms with van der Waals surface area (Å²) in [6.07, 6.45) is 4.52. The molecule has 10 heteroatoms. The summed E-state index contributed by atoms with van der Waals surface area (Å²) >= 11 is 0. The fourth-order valence-electron chi connectivity index (χ4n) is 2.50.